The number of pyridine rings is 1. The van der Waals surface area contributed by atoms with Gasteiger partial charge >= 0.3 is 0 Å². The molecule has 0 radical (unpaired) electrons. The predicted molar refractivity (Wildman–Crippen MR) is 93.2 cm³/mol. The summed E-state index contributed by atoms with van der Waals surface area (Å²) < 4.78 is 12.8. The van der Waals surface area contributed by atoms with Gasteiger partial charge in [-0.15, -0.1) is 0 Å². The van der Waals surface area contributed by atoms with E-state index in [-0.39, 0.29) is 5.82 Å². The average molecular weight is 309 g/mol. The van der Waals surface area contributed by atoms with Crippen molar-refractivity contribution < 1.29 is 4.39 Å². The molecule has 0 aliphatic heterocycles. The Kier molecular flexibility index (Phi) is 5.17. The van der Waals surface area contributed by atoms with E-state index in [9.17, 15) is 4.39 Å². The summed E-state index contributed by atoms with van der Waals surface area (Å²) in [6.45, 7) is 2.60. The molecule has 0 aliphatic carbocycles. The maximum absolute atomic E-state index is 12.8. The minimum absolute atomic E-state index is 0.185. The third-order valence-electron chi connectivity index (χ3n) is 3.77. The van der Waals surface area contributed by atoms with E-state index >= 15 is 0 Å². The molecule has 3 aromatic rings. The van der Waals surface area contributed by atoms with Crippen LogP contribution in [0.4, 0.5) is 10.1 Å². The summed E-state index contributed by atoms with van der Waals surface area (Å²) in [5.74, 6) is -0.185. The normalized spacial score (nSPS) is 10.8. The van der Waals surface area contributed by atoms with Crippen LogP contribution >= 0.6 is 0 Å². The Morgan fingerprint density at radius 2 is 1.74 bits per heavy atom. The molecule has 3 rings (SSSR count). The standard InChI is InChI=1S/C19H20FN3/c20-16-8-6-15(7-9-16)10-12-21-13-14-23-19-5-1-4-18-17(19)3-2-11-22-18/h1-9,11,21,23H,10,12-14H2. The van der Waals surface area contributed by atoms with Gasteiger partial charge in [0.05, 0.1) is 5.52 Å². The lowest BCUT2D eigenvalue weighted by Crippen LogP contribution is -2.24. The molecule has 2 N–H and O–H groups in total. The first kappa shape index (κ1) is 15.4. The van der Waals surface area contributed by atoms with Crippen LogP contribution in [0.2, 0.25) is 0 Å². The molecule has 0 amide bonds. The minimum Gasteiger partial charge on any atom is -0.383 e. The lowest BCUT2D eigenvalue weighted by molar-refractivity contribution is 0.626. The van der Waals surface area contributed by atoms with Crippen LogP contribution in [0.5, 0.6) is 0 Å². The third-order valence-corrected chi connectivity index (χ3v) is 3.77. The van der Waals surface area contributed by atoms with E-state index in [1.54, 1.807) is 0 Å². The van der Waals surface area contributed by atoms with Crippen molar-refractivity contribution in [2.75, 3.05) is 25.0 Å². The maximum Gasteiger partial charge on any atom is 0.123 e. The largest absolute Gasteiger partial charge is 0.383 e. The van der Waals surface area contributed by atoms with Crippen molar-refractivity contribution in [3.63, 3.8) is 0 Å². The lowest BCUT2D eigenvalue weighted by atomic mass is 10.1. The van der Waals surface area contributed by atoms with E-state index in [0.29, 0.717) is 0 Å². The number of hydrogen-bond acceptors (Lipinski definition) is 3. The summed E-state index contributed by atoms with van der Waals surface area (Å²) in [5.41, 5.74) is 3.25. The van der Waals surface area contributed by atoms with Crippen LogP contribution in [-0.4, -0.2) is 24.6 Å². The molecular formula is C19H20FN3. The molecule has 0 saturated heterocycles. The quantitative estimate of drug-likeness (QED) is 0.655. The Bertz CT molecular complexity index is 751. The fourth-order valence-corrected chi connectivity index (χ4v) is 2.55. The molecule has 0 bridgehead atoms. The number of fused-ring (bicyclic) bond motifs is 1. The van der Waals surface area contributed by atoms with Crippen LogP contribution in [0.15, 0.2) is 60.8 Å². The highest BCUT2D eigenvalue weighted by Gasteiger charge is 2.00. The first-order valence-corrected chi connectivity index (χ1v) is 7.86. The minimum atomic E-state index is -0.185. The number of halogens is 1. The molecule has 0 saturated carbocycles. The lowest BCUT2D eigenvalue weighted by Gasteiger charge is -2.10. The van der Waals surface area contributed by atoms with Crippen LogP contribution in [-0.2, 0) is 6.42 Å². The van der Waals surface area contributed by atoms with Gasteiger partial charge < -0.3 is 10.6 Å². The highest BCUT2D eigenvalue weighted by Crippen LogP contribution is 2.20. The second kappa shape index (κ2) is 7.70. The van der Waals surface area contributed by atoms with Crippen molar-refractivity contribution in [1.29, 1.82) is 0 Å². The van der Waals surface area contributed by atoms with Gasteiger partial charge in [-0.25, -0.2) is 4.39 Å². The number of aromatic nitrogens is 1. The molecule has 1 heterocycles. The molecule has 3 nitrogen and oxygen atoms in total. The molecule has 0 fully saturated rings. The molecule has 118 valence electrons. The zero-order valence-corrected chi connectivity index (χ0v) is 12.9. The number of hydrogen-bond donors (Lipinski definition) is 2. The summed E-state index contributed by atoms with van der Waals surface area (Å²) in [5, 5.41) is 7.98. The van der Waals surface area contributed by atoms with E-state index in [2.05, 4.69) is 27.8 Å². The fourth-order valence-electron chi connectivity index (χ4n) is 2.55. The fraction of sp³-hybridized carbons (Fsp3) is 0.211. The van der Waals surface area contributed by atoms with Gasteiger partial charge in [0, 0.05) is 30.4 Å². The van der Waals surface area contributed by atoms with Gasteiger partial charge in [0.25, 0.3) is 0 Å². The molecular weight excluding hydrogens is 289 g/mol. The first-order chi connectivity index (χ1) is 11.3. The van der Waals surface area contributed by atoms with Crippen LogP contribution in [0.1, 0.15) is 5.56 Å². The number of rotatable bonds is 7. The highest BCUT2D eigenvalue weighted by molar-refractivity contribution is 5.91. The zero-order valence-electron chi connectivity index (χ0n) is 12.9. The first-order valence-electron chi connectivity index (χ1n) is 7.86. The number of nitrogens with zero attached hydrogens (tertiary/aromatic N) is 1. The van der Waals surface area contributed by atoms with Gasteiger partial charge in [-0.3, -0.25) is 4.98 Å². The van der Waals surface area contributed by atoms with Crippen molar-refractivity contribution in [3.05, 3.63) is 72.2 Å². The highest BCUT2D eigenvalue weighted by atomic mass is 19.1. The summed E-state index contributed by atoms with van der Waals surface area (Å²) in [4.78, 5) is 4.36. The van der Waals surface area contributed by atoms with Crippen LogP contribution in [0, 0.1) is 5.82 Å². The monoisotopic (exact) mass is 309 g/mol. The van der Waals surface area contributed by atoms with E-state index in [1.807, 2.05) is 36.5 Å². The van der Waals surface area contributed by atoms with Crippen LogP contribution in [0.25, 0.3) is 10.9 Å². The van der Waals surface area contributed by atoms with Crippen molar-refractivity contribution >= 4 is 16.6 Å². The Morgan fingerprint density at radius 3 is 2.61 bits per heavy atom. The van der Waals surface area contributed by atoms with Crippen LogP contribution in [0.3, 0.4) is 0 Å². The SMILES string of the molecule is Fc1ccc(CCNCCNc2cccc3ncccc23)cc1. The van der Waals surface area contributed by atoms with Crippen molar-refractivity contribution in [3.8, 4) is 0 Å². The van der Waals surface area contributed by atoms with E-state index < -0.39 is 0 Å². The molecule has 23 heavy (non-hydrogen) atoms. The molecule has 2 aromatic carbocycles. The smallest absolute Gasteiger partial charge is 0.123 e. The Morgan fingerprint density at radius 1 is 0.870 bits per heavy atom. The van der Waals surface area contributed by atoms with Crippen molar-refractivity contribution in [1.82, 2.24) is 10.3 Å². The zero-order chi connectivity index (χ0) is 15.9. The van der Waals surface area contributed by atoms with Gasteiger partial charge in [0.15, 0.2) is 0 Å². The van der Waals surface area contributed by atoms with Crippen molar-refractivity contribution in [2.24, 2.45) is 0 Å². The summed E-state index contributed by atoms with van der Waals surface area (Å²) in [7, 11) is 0. The second-order valence-electron chi connectivity index (χ2n) is 5.43. The topological polar surface area (TPSA) is 37.0 Å². The Balaban J connectivity index is 1.42. The van der Waals surface area contributed by atoms with Gasteiger partial charge in [-0.2, -0.15) is 0 Å². The predicted octanol–water partition coefficient (Wildman–Crippen LogP) is 3.62. The third kappa shape index (κ3) is 4.27. The Labute approximate surface area is 135 Å². The van der Waals surface area contributed by atoms with Gasteiger partial charge in [-0.1, -0.05) is 18.2 Å². The van der Waals surface area contributed by atoms with E-state index in [0.717, 1.165) is 48.2 Å². The molecule has 0 spiro atoms. The molecule has 1 aromatic heterocycles. The molecule has 4 heteroatoms. The molecule has 0 unspecified atom stereocenters. The summed E-state index contributed by atoms with van der Waals surface area (Å²) in [6, 6.07) is 16.8. The second-order valence-corrected chi connectivity index (χ2v) is 5.43. The number of benzene rings is 2. The molecule has 0 atom stereocenters. The van der Waals surface area contributed by atoms with Gasteiger partial charge in [0.2, 0.25) is 0 Å². The van der Waals surface area contributed by atoms with Crippen molar-refractivity contribution in [2.45, 2.75) is 6.42 Å². The average Bonchev–Trinajstić information content (AvgIpc) is 2.59. The van der Waals surface area contributed by atoms with Gasteiger partial charge in [-0.05, 0) is 54.9 Å². The molecule has 0 aliphatic rings. The summed E-state index contributed by atoms with van der Waals surface area (Å²) in [6.07, 6.45) is 2.71. The number of anilines is 1. The van der Waals surface area contributed by atoms with E-state index in [4.69, 9.17) is 0 Å². The van der Waals surface area contributed by atoms with E-state index in [1.165, 1.54) is 12.1 Å². The summed E-state index contributed by atoms with van der Waals surface area (Å²) >= 11 is 0. The van der Waals surface area contributed by atoms with Crippen LogP contribution < -0.4 is 10.6 Å². The number of nitrogens with one attached hydrogen (secondary N) is 2. The maximum atomic E-state index is 12.8. The van der Waals surface area contributed by atoms with Gasteiger partial charge in [0.1, 0.15) is 5.82 Å². The Hall–Kier alpha value is -2.46.